The molecular weight excluding hydrogens is 637 g/mol. The van der Waals surface area contributed by atoms with Crippen molar-refractivity contribution in [3.63, 3.8) is 0 Å². The summed E-state index contributed by atoms with van der Waals surface area (Å²) in [5, 5.41) is 0. The largest absolute Gasteiger partial charge is 0.339 e. The smallest absolute Gasteiger partial charge is 0.223 e. The summed E-state index contributed by atoms with van der Waals surface area (Å²) < 4.78 is 0. The molecule has 52 heavy (non-hydrogen) atoms. The van der Waals surface area contributed by atoms with Crippen LogP contribution in [-0.2, 0) is 9.59 Å². The lowest BCUT2D eigenvalue weighted by Crippen LogP contribution is -2.50. The lowest BCUT2D eigenvalue weighted by Gasteiger charge is -2.34. The normalized spacial score (nSPS) is 15.2. The zero-order valence-corrected chi connectivity index (χ0v) is 32.7. The van der Waals surface area contributed by atoms with Gasteiger partial charge < -0.3 is 9.80 Å². The third-order valence-electron chi connectivity index (χ3n) is 8.23. The van der Waals surface area contributed by atoms with Crippen LogP contribution in [0.1, 0.15) is 117 Å². The van der Waals surface area contributed by atoms with E-state index in [1.165, 1.54) is 0 Å². The van der Waals surface area contributed by atoms with E-state index in [1.54, 1.807) is 0 Å². The highest BCUT2D eigenvalue weighted by Crippen LogP contribution is 2.09. The number of carbonyl (C=O) groups is 2. The summed E-state index contributed by atoms with van der Waals surface area (Å²) >= 11 is 0. The number of piperazine rings is 1. The molecule has 0 spiro atoms. The van der Waals surface area contributed by atoms with Crippen molar-refractivity contribution >= 4 is 11.8 Å². The van der Waals surface area contributed by atoms with E-state index in [2.05, 4.69) is 160 Å². The van der Waals surface area contributed by atoms with Gasteiger partial charge in [0.25, 0.3) is 0 Å². The summed E-state index contributed by atoms with van der Waals surface area (Å²) in [5.74, 6) is 0.370. The van der Waals surface area contributed by atoms with Crippen molar-refractivity contribution < 1.29 is 9.59 Å². The molecule has 0 saturated carbocycles. The molecule has 2 amide bonds. The third kappa shape index (κ3) is 29.5. The van der Waals surface area contributed by atoms with Gasteiger partial charge >= 0.3 is 0 Å². The standard InChI is InChI=1S/C48H70N2O2/c1-3-5-7-9-11-13-15-17-19-21-23-25-27-29-31-33-35-37-39-41-47(51)49-43-45-50(46-44-49)48(52)42-40-38-36-34-32-30-28-26-24-22-20-18-16-14-12-10-8-6-4-2/h5-8,11-14,17-20,23-26,29-32,35-38H,3-4,9-10,15-16,21-22,27-28,33-34,39-46H2,1-2H3. The number of hydrogen-bond acceptors (Lipinski definition) is 2. The number of rotatable bonds is 28. The van der Waals surface area contributed by atoms with Crippen molar-refractivity contribution in [2.45, 2.75) is 117 Å². The fraction of sp³-hybridized carbons (Fsp3) is 0.458. The lowest BCUT2D eigenvalue weighted by molar-refractivity contribution is -0.139. The molecule has 1 aliphatic rings. The summed E-state index contributed by atoms with van der Waals surface area (Å²) in [6, 6.07) is 0. The van der Waals surface area contributed by atoms with Gasteiger partial charge in [0.05, 0.1) is 0 Å². The van der Waals surface area contributed by atoms with Crippen LogP contribution in [0.4, 0.5) is 0 Å². The monoisotopic (exact) mass is 707 g/mol. The molecule has 0 atom stereocenters. The molecule has 0 aromatic carbocycles. The minimum absolute atomic E-state index is 0.185. The molecule has 1 aliphatic heterocycles. The first kappa shape index (κ1) is 45.8. The van der Waals surface area contributed by atoms with E-state index in [4.69, 9.17) is 0 Å². The molecule has 1 rings (SSSR count). The highest BCUT2D eigenvalue weighted by Gasteiger charge is 2.23. The third-order valence-corrected chi connectivity index (χ3v) is 8.23. The second kappa shape index (κ2) is 36.6. The van der Waals surface area contributed by atoms with Crippen LogP contribution >= 0.6 is 0 Å². The highest BCUT2D eigenvalue weighted by atomic mass is 16.2. The van der Waals surface area contributed by atoms with Crippen LogP contribution in [0.2, 0.25) is 0 Å². The van der Waals surface area contributed by atoms with Crippen LogP contribution < -0.4 is 0 Å². The zero-order valence-electron chi connectivity index (χ0n) is 32.7. The van der Waals surface area contributed by atoms with E-state index in [9.17, 15) is 9.59 Å². The van der Waals surface area contributed by atoms with E-state index < -0.39 is 0 Å². The molecule has 0 N–H and O–H groups in total. The molecule has 0 aromatic rings. The molecule has 4 nitrogen and oxygen atoms in total. The van der Waals surface area contributed by atoms with Gasteiger partial charge in [-0.2, -0.15) is 0 Å². The van der Waals surface area contributed by atoms with Crippen molar-refractivity contribution in [1.29, 1.82) is 0 Å². The van der Waals surface area contributed by atoms with E-state index in [-0.39, 0.29) is 11.8 Å². The Morgan fingerprint density at radius 2 is 0.519 bits per heavy atom. The number of allylic oxidation sites excluding steroid dienone is 24. The Labute approximate surface area is 318 Å². The van der Waals surface area contributed by atoms with Crippen LogP contribution in [0.5, 0.6) is 0 Å². The van der Waals surface area contributed by atoms with Crippen molar-refractivity contribution in [2.75, 3.05) is 26.2 Å². The number of carbonyl (C=O) groups excluding carboxylic acids is 2. The predicted octanol–water partition coefficient (Wildman–Crippen LogP) is 12.6. The maximum absolute atomic E-state index is 12.6. The van der Waals surface area contributed by atoms with Crippen molar-refractivity contribution in [1.82, 2.24) is 9.80 Å². The molecule has 1 heterocycles. The Morgan fingerprint density at radius 1 is 0.327 bits per heavy atom. The average Bonchev–Trinajstić information content (AvgIpc) is 3.16. The first-order valence-electron chi connectivity index (χ1n) is 20.0. The highest BCUT2D eigenvalue weighted by molar-refractivity contribution is 5.78. The van der Waals surface area contributed by atoms with Crippen LogP contribution in [0, 0.1) is 0 Å². The van der Waals surface area contributed by atoms with Gasteiger partial charge in [-0.05, 0) is 89.9 Å². The minimum Gasteiger partial charge on any atom is -0.339 e. The van der Waals surface area contributed by atoms with Gasteiger partial charge in [0.2, 0.25) is 11.8 Å². The molecule has 0 bridgehead atoms. The van der Waals surface area contributed by atoms with E-state index in [0.29, 0.717) is 39.0 Å². The fourth-order valence-corrected chi connectivity index (χ4v) is 5.21. The Bertz CT molecular complexity index is 1160. The summed E-state index contributed by atoms with van der Waals surface area (Å²) in [7, 11) is 0. The maximum Gasteiger partial charge on any atom is 0.223 e. The second-order valence-electron chi connectivity index (χ2n) is 12.7. The van der Waals surface area contributed by atoms with E-state index in [1.807, 2.05) is 9.80 Å². The quantitative estimate of drug-likeness (QED) is 0.0760. The van der Waals surface area contributed by atoms with Gasteiger partial charge in [-0.25, -0.2) is 0 Å². The lowest BCUT2D eigenvalue weighted by atomic mass is 10.2. The Kier molecular flexibility index (Phi) is 32.3. The van der Waals surface area contributed by atoms with Crippen LogP contribution in [0.25, 0.3) is 0 Å². The maximum atomic E-state index is 12.6. The molecule has 1 saturated heterocycles. The number of hydrogen-bond donors (Lipinski definition) is 0. The molecule has 0 aromatic heterocycles. The van der Waals surface area contributed by atoms with Gasteiger partial charge in [-0.1, -0.05) is 160 Å². The predicted molar refractivity (Wildman–Crippen MR) is 228 cm³/mol. The topological polar surface area (TPSA) is 40.6 Å². The summed E-state index contributed by atoms with van der Waals surface area (Å²) in [6.45, 7) is 6.84. The van der Waals surface area contributed by atoms with Crippen LogP contribution in [-0.4, -0.2) is 47.8 Å². The van der Waals surface area contributed by atoms with Gasteiger partial charge in [0.1, 0.15) is 0 Å². The Morgan fingerprint density at radius 3 is 0.731 bits per heavy atom. The van der Waals surface area contributed by atoms with Gasteiger partial charge in [0, 0.05) is 39.0 Å². The molecular formula is C48H70N2O2. The van der Waals surface area contributed by atoms with Crippen molar-refractivity contribution in [2.24, 2.45) is 0 Å². The molecule has 0 aliphatic carbocycles. The molecule has 0 radical (unpaired) electrons. The molecule has 1 fully saturated rings. The zero-order chi connectivity index (χ0) is 37.4. The number of nitrogens with zero attached hydrogens (tertiary/aromatic N) is 2. The van der Waals surface area contributed by atoms with Crippen molar-refractivity contribution in [3.05, 3.63) is 146 Å². The summed E-state index contributed by atoms with van der Waals surface area (Å²) in [5.41, 5.74) is 0. The van der Waals surface area contributed by atoms with Gasteiger partial charge in [0.15, 0.2) is 0 Å². The van der Waals surface area contributed by atoms with Crippen molar-refractivity contribution in [3.8, 4) is 0 Å². The minimum atomic E-state index is 0.185. The van der Waals surface area contributed by atoms with Crippen LogP contribution in [0.3, 0.4) is 0 Å². The SMILES string of the molecule is CCC=CCC=CCC=CCC=CCC=CCC=CCCC(=O)N1CCN(C(=O)CCC=CCC=CCC=CCC=CCC=CCC=CCC)CC1. The van der Waals surface area contributed by atoms with Gasteiger partial charge in [-0.15, -0.1) is 0 Å². The Hall–Kier alpha value is -4.18. The van der Waals surface area contributed by atoms with E-state index in [0.717, 1.165) is 89.9 Å². The second-order valence-corrected chi connectivity index (χ2v) is 12.7. The molecule has 284 valence electrons. The summed E-state index contributed by atoms with van der Waals surface area (Å²) in [4.78, 5) is 29.1. The average molecular weight is 707 g/mol. The Balaban J connectivity index is 2.04. The number of amides is 2. The summed E-state index contributed by atoms with van der Waals surface area (Å²) in [6.07, 6.45) is 67.0. The first-order valence-corrected chi connectivity index (χ1v) is 20.0. The van der Waals surface area contributed by atoms with Crippen LogP contribution in [0.15, 0.2) is 146 Å². The first-order chi connectivity index (χ1) is 25.7. The fourth-order valence-electron chi connectivity index (χ4n) is 5.21. The molecule has 4 heteroatoms. The van der Waals surface area contributed by atoms with E-state index >= 15 is 0 Å². The van der Waals surface area contributed by atoms with Gasteiger partial charge in [-0.3, -0.25) is 9.59 Å². The molecule has 0 unspecified atom stereocenters.